The Kier molecular flexibility index (Phi) is 5.62. The first-order chi connectivity index (χ1) is 8.21. The molecule has 17 heavy (non-hydrogen) atoms. The quantitative estimate of drug-likeness (QED) is 0.721. The molecule has 0 atom stereocenters. The maximum absolute atomic E-state index is 11.7. The molecule has 1 amide bonds. The summed E-state index contributed by atoms with van der Waals surface area (Å²) in [5, 5.41) is 10.5. The minimum absolute atomic E-state index is 0.167. The van der Waals surface area contributed by atoms with Crippen LogP contribution in [0.15, 0.2) is 6.20 Å². The van der Waals surface area contributed by atoms with Crippen molar-refractivity contribution >= 4 is 5.91 Å². The lowest BCUT2D eigenvalue weighted by molar-refractivity contribution is 0.0941. The second-order valence-electron chi connectivity index (χ2n) is 4.05. The zero-order valence-electron chi connectivity index (χ0n) is 10.5. The van der Waals surface area contributed by atoms with E-state index in [1.807, 2.05) is 0 Å². The van der Waals surface area contributed by atoms with Crippen LogP contribution < -0.4 is 11.1 Å². The van der Waals surface area contributed by atoms with Gasteiger partial charge in [0.25, 0.3) is 5.91 Å². The topological polar surface area (TPSA) is 85.8 Å². The van der Waals surface area contributed by atoms with Crippen molar-refractivity contribution in [2.24, 2.45) is 11.7 Å². The highest BCUT2D eigenvalue weighted by Gasteiger charge is 2.12. The zero-order valence-corrected chi connectivity index (χ0v) is 10.5. The third-order valence-corrected chi connectivity index (χ3v) is 2.84. The van der Waals surface area contributed by atoms with E-state index < -0.39 is 0 Å². The molecule has 1 aromatic heterocycles. The number of hydrogen-bond donors (Lipinski definition) is 2. The van der Waals surface area contributed by atoms with E-state index in [1.54, 1.807) is 10.9 Å². The van der Waals surface area contributed by atoms with Crippen LogP contribution in [0, 0.1) is 5.92 Å². The zero-order chi connectivity index (χ0) is 12.7. The minimum Gasteiger partial charge on any atom is -0.350 e. The molecule has 0 unspecified atom stereocenters. The monoisotopic (exact) mass is 239 g/mol. The number of aromatic nitrogens is 3. The number of nitrogens with zero attached hydrogens (tertiary/aromatic N) is 3. The van der Waals surface area contributed by atoms with Crippen molar-refractivity contribution in [3.05, 3.63) is 11.9 Å². The summed E-state index contributed by atoms with van der Waals surface area (Å²) in [4.78, 5) is 11.7. The molecule has 0 saturated heterocycles. The van der Waals surface area contributed by atoms with Crippen LogP contribution in [0.5, 0.6) is 0 Å². The average Bonchev–Trinajstić information content (AvgIpc) is 2.79. The van der Waals surface area contributed by atoms with Gasteiger partial charge in [0.15, 0.2) is 5.69 Å². The minimum atomic E-state index is -0.167. The van der Waals surface area contributed by atoms with E-state index >= 15 is 0 Å². The van der Waals surface area contributed by atoms with Gasteiger partial charge in [0, 0.05) is 13.1 Å². The molecule has 96 valence electrons. The Morgan fingerprint density at radius 3 is 2.82 bits per heavy atom. The van der Waals surface area contributed by atoms with Crippen molar-refractivity contribution in [1.82, 2.24) is 20.3 Å². The number of hydrogen-bond acceptors (Lipinski definition) is 4. The standard InChI is InChI=1S/C11H21N5O/c1-3-9(4-2)7-13-11(17)10-8-16(6-5-12)15-14-10/h8-9H,3-7,12H2,1-2H3,(H,13,17). The number of amides is 1. The van der Waals surface area contributed by atoms with Crippen LogP contribution in [0.25, 0.3) is 0 Å². The Morgan fingerprint density at radius 1 is 1.53 bits per heavy atom. The summed E-state index contributed by atoms with van der Waals surface area (Å²) in [6.45, 7) is 6.00. The number of nitrogens with one attached hydrogen (secondary N) is 1. The maximum Gasteiger partial charge on any atom is 0.273 e. The van der Waals surface area contributed by atoms with Gasteiger partial charge in [0.2, 0.25) is 0 Å². The van der Waals surface area contributed by atoms with Crippen molar-refractivity contribution in [2.75, 3.05) is 13.1 Å². The van der Waals surface area contributed by atoms with Gasteiger partial charge in [-0.1, -0.05) is 31.9 Å². The molecule has 0 aromatic carbocycles. The Labute approximate surface area is 102 Å². The fourth-order valence-corrected chi connectivity index (χ4v) is 1.55. The molecule has 6 heteroatoms. The fourth-order valence-electron chi connectivity index (χ4n) is 1.55. The van der Waals surface area contributed by atoms with Crippen LogP contribution in [0.2, 0.25) is 0 Å². The first-order valence-electron chi connectivity index (χ1n) is 6.09. The number of carbonyl (C=O) groups is 1. The first kappa shape index (κ1) is 13.6. The maximum atomic E-state index is 11.7. The highest BCUT2D eigenvalue weighted by molar-refractivity contribution is 5.91. The van der Waals surface area contributed by atoms with E-state index in [-0.39, 0.29) is 5.91 Å². The summed E-state index contributed by atoms with van der Waals surface area (Å²) in [5.41, 5.74) is 5.74. The molecule has 1 rings (SSSR count). The van der Waals surface area contributed by atoms with E-state index in [1.165, 1.54) is 0 Å². The second-order valence-corrected chi connectivity index (χ2v) is 4.05. The lowest BCUT2D eigenvalue weighted by Crippen LogP contribution is -2.29. The molecule has 0 aliphatic rings. The van der Waals surface area contributed by atoms with E-state index in [0.717, 1.165) is 12.8 Å². The van der Waals surface area contributed by atoms with Crippen LogP contribution in [0.3, 0.4) is 0 Å². The normalized spacial score (nSPS) is 10.8. The van der Waals surface area contributed by atoms with E-state index in [0.29, 0.717) is 31.2 Å². The summed E-state index contributed by atoms with van der Waals surface area (Å²) < 4.78 is 1.58. The Morgan fingerprint density at radius 2 is 2.24 bits per heavy atom. The number of nitrogens with two attached hydrogens (primary N) is 1. The second kappa shape index (κ2) is 7.01. The predicted octanol–water partition coefficient (Wildman–Crippen LogP) is 0.403. The van der Waals surface area contributed by atoms with Gasteiger partial charge in [0.1, 0.15) is 0 Å². The van der Waals surface area contributed by atoms with E-state index in [9.17, 15) is 4.79 Å². The summed E-state index contributed by atoms with van der Waals surface area (Å²) in [6, 6.07) is 0. The van der Waals surface area contributed by atoms with Gasteiger partial charge in [-0.2, -0.15) is 0 Å². The lowest BCUT2D eigenvalue weighted by Gasteiger charge is -2.11. The van der Waals surface area contributed by atoms with Gasteiger partial charge in [0.05, 0.1) is 12.7 Å². The third kappa shape index (κ3) is 4.14. The Hall–Kier alpha value is -1.43. The molecular formula is C11H21N5O. The highest BCUT2D eigenvalue weighted by Crippen LogP contribution is 2.05. The molecule has 0 aliphatic carbocycles. The van der Waals surface area contributed by atoms with Gasteiger partial charge in [-0.3, -0.25) is 9.48 Å². The van der Waals surface area contributed by atoms with Gasteiger partial charge in [-0.15, -0.1) is 5.10 Å². The predicted molar refractivity (Wildman–Crippen MR) is 65.5 cm³/mol. The number of carbonyl (C=O) groups excluding carboxylic acids is 1. The molecule has 1 aromatic rings. The van der Waals surface area contributed by atoms with Gasteiger partial charge in [-0.05, 0) is 5.92 Å². The summed E-state index contributed by atoms with van der Waals surface area (Å²) in [6.07, 6.45) is 3.75. The molecular weight excluding hydrogens is 218 g/mol. The smallest absolute Gasteiger partial charge is 0.273 e. The van der Waals surface area contributed by atoms with E-state index in [2.05, 4.69) is 29.5 Å². The van der Waals surface area contributed by atoms with Crippen molar-refractivity contribution in [3.63, 3.8) is 0 Å². The molecule has 0 fully saturated rings. The van der Waals surface area contributed by atoms with Crippen LogP contribution in [-0.4, -0.2) is 34.0 Å². The fraction of sp³-hybridized carbons (Fsp3) is 0.727. The summed E-state index contributed by atoms with van der Waals surface area (Å²) in [5.74, 6) is 0.359. The Bertz CT molecular complexity index is 345. The van der Waals surface area contributed by atoms with Crippen LogP contribution in [0.4, 0.5) is 0 Å². The average molecular weight is 239 g/mol. The van der Waals surface area contributed by atoms with Gasteiger partial charge < -0.3 is 11.1 Å². The molecule has 0 bridgehead atoms. The Balaban J connectivity index is 2.46. The van der Waals surface area contributed by atoms with Crippen molar-refractivity contribution in [1.29, 1.82) is 0 Å². The van der Waals surface area contributed by atoms with Crippen molar-refractivity contribution in [2.45, 2.75) is 33.2 Å². The van der Waals surface area contributed by atoms with Crippen molar-refractivity contribution < 1.29 is 4.79 Å². The van der Waals surface area contributed by atoms with Crippen molar-refractivity contribution in [3.8, 4) is 0 Å². The number of rotatable bonds is 7. The SMILES string of the molecule is CCC(CC)CNC(=O)c1cn(CCN)nn1. The molecule has 1 heterocycles. The molecule has 6 nitrogen and oxygen atoms in total. The molecule has 0 spiro atoms. The molecule has 0 saturated carbocycles. The van der Waals surface area contributed by atoms with Crippen LogP contribution >= 0.6 is 0 Å². The van der Waals surface area contributed by atoms with Gasteiger partial charge in [-0.25, -0.2) is 0 Å². The summed E-state index contributed by atoms with van der Waals surface area (Å²) >= 11 is 0. The molecule has 3 N–H and O–H groups in total. The summed E-state index contributed by atoms with van der Waals surface area (Å²) in [7, 11) is 0. The lowest BCUT2D eigenvalue weighted by atomic mass is 10.0. The molecule has 0 radical (unpaired) electrons. The first-order valence-corrected chi connectivity index (χ1v) is 6.09. The molecule has 0 aliphatic heterocycles. The van der Waals surface area contributed by atoms with Crippen LogP contribution in [0.1, 0.15) is 37.2 Å². The van der Waals surface area contributed by atoms with E-state index in [4.69, 9.17) is 5.73 Å². The highest BCUT2D eigenvalue weighted by atomic mass is 16.2. The van der Waals surface area contributed by atoms with Crippen LogP contribution in [-0.2, 0) is 6.54 Å². The largest absolute Gasteiger partial charge is 0.350 e. The third-order valence-electron chi connectivity index (χ3n) is 2.84. The van der Waals surface area contributed by atoms with Gasteiger partial charge >= 0.3 is 0 Å².